The molecule has 2 heterocycles. The van der Waals surface area contributed by atoms with Gasteiger partial charge in [-0.1, -0.05) is 18.2 Å². The summed E-state index contributed by atoms with van der Waals surface area (Å²) in [7, 11) is 0. The molecule has 27 heavy (non-hydrogen) atoms. The Labute approximate surface area is 156 Å². The molecule has 1 aromatic heterocycles. The molecule has 4 rings (SSSR count). The standard InChI is InChI=1S/C21H22F3N3/c22-21(23,24)19-7-4-16(5-8-19)17-6-9-20-18(14-17)15-25-27(20)13-3-12-26-10-1-2-11-26/h4-9,14-15H,1-3,10-13H2. The van der Waals surface area contributed by atoms with E-state index in [9.17, 15) is 13.2 Å². The SMILES string of the molecule is FC(F)(F)c1ccc(-c2ccc3c(cnn3CCCN3CCCC3)c2)cc1. The Morgan fingerprint density at radius 2 is 1.59 bits per heavy atom. The van der Waals surface area contributed by atoms with Gasteiger partial charge >= 0.3 is 6.18 Å². The quantitative estimate of drug-likeness (QED) is 0.612. The molecule has 6 heteroatoms. The lowest BCUT2D eigenvalue weighted by Crippen LogP contribution is -2.21. The van der Waals surface area contributed by atoms with Crippen molar-refractivity contribution < 1.29 is 13.2 Å². The second-order valence-corrected chi connectivity index (χ2v) is 7.12. The molecule has 0 unspecified atom stereocenters. The predicted octanol–water partition coefficient (Wildman–Crippen LogP) is 5.21. The number of alkyl halides is 3. The normalized spacial score (nSPS) is 15.7. The number of rotatable bonds is 5. The first kappa shape index (κ1) is 18.0. The van der Waals surface area contributed by atoms with Gasteiger partial charge in [-0.2, -0.15) is 18.3 Å². The van der Waals surface area contributed by atoms with Gasteiger partial charge in [-0.15, -0.1) is 0 Å². The molecule has 0 aliphatic carbocycles. The zero-order valence-electron chi connectivity index (χ0n) is 15.0. The minimum absolute atomic E-state index is 0.627. The predicted molar refractivity (Wildman–Crippen MR) is 100 cm³/mol. The van der Waals surface area contributed by atoms with Crippen molar-refractivity contribution in [3.63, 3.8) is 0 Å². The monoisotopic (exact) mass is 373 g/mol. The molecule has 1 aliphatic rings. The molecule has 142 valence electrons. The summed E-state index contributed by atoms with van der Waals surface area (Å²) < 4.78 is 40.2. The molecule has 1 fully saturated rings. The van der Waals surface area contributed by atoms with Gasteiger partial charge in [0.1, 0.15) is 0 Å². The van der Waals surface area contributed by atoms with Crippen LogP contribution in [0.25, 0.3) is 22.0 Å². The molecule has 0 spiro atoms. The first-order valence-electron chi connectivity index (χ1n) is 9.36. The van der Waals surface area contributed by atoms with Crippen LogP contribution in [-0.2, 0) is 12.7 Å². The molecular formula is C21H22F3N3. The number of aromatic nitrogens is 2. The fraction of sp³-hybridized carbons (Fsp3) is 0.381. The lowest BCUT2D eigenvalue weighted by Gasteiger charge is -2.14. The third-order valence-electron chi connectivity index (χ3n) is 5.23. The van der Waals surface area contributed by atoms with Gasteiger partial charge in [0.15, 0.2) is 0 Å². The molecule has 0 amide bonds. The number of hydrogen-bond donors (Lipinski definition) is 0. The number of nitrogens with zero attached hydrogens (tertiary/aromatic N) is 3. The molecule has 3 aromatic rings. The topological polar surface area (TPSA) is 21.1 Å². The second-order valence-electron chi connectivity index (χ2n) is 7.12. The third-order valence-corrected chi connectivity index (χ3v) is 5.23. The number of fused-ring (bicyclic) bond motifs is 1. The summed E-state index contributed by atoms with van der Waals surface area (Å²) in [5.74, 6) is 0. The van der Waals surface area contributed by atoms with E-state index in [1.807, 2.05) is 29.1 Å². The number of benzene rings is 2. The van der Waals surface area contributed by atoms with Crippen molar-refractivity contribution in [3.8, 4) is 11.1 Å². The van der Waals surface area contributed by atoms with Crippen molar-refractivity contribution in [2.75, 3.05) is 19.6 Å². The van der Waals surface area contributed by atoms with Crippen molar-refractivity contribution in [2.24, 2.45) is 0 Å². The van der Waals surface area contributed by atoms with E-state index in [1.165, 1.54) is 38.1 Å². The van der Waals surface area contributed by atoms with Crippen LogP contribution in [0.15, 0.2) is 48.7 Å². The first-order valence-corrected chi connectivity index (χ1v) is 9.36. The Bertz CT molecular complexity index is 907. The van der Waals surface area contributed by atoms with Gasteiger partial charge in [0.2, 0.25) is 0 Å². The van der Waals surface area contributed by atoms with Crippen LogP contribution < -0.4 is 0 Å². The van der Waals surface area contributed by atoms with E-state index in [1.54, 1.807) is 0 Å². The van der Waals surface area contributed by atoms with E-state index in [0.717, 1.165) is 53.7 Å². The van der Waals surface area contributed by atoms with Gasteiger partial charge in [0, 0.05) is 11.9 Å². The molecule has 0 atom stereocenters. The highest BCUT2D eigenvalue weighted by atomic mass is 19.4. The second kappa shape index (κ2) is 7.35. The summed E-state index contributed by atoms with van der Waals surface area (Å²) in [5, 5.41) is 5.50. The molecule has 0 radical (unpaired) electrons. The lowest BCUT2D eigenvalue weighted by atomic mass is 10.0. The lowest BCUT2D eigenvalue weighted by molar-refractivity contribution is -0.137. The van der Waals surface area contributed by atoms with Gasteiger partial charge in [-0.05, 0) is 74.3 Å². The van der Waals surface area contributed by atoms with Crippen LogP contribution in [0.1, 0.15) is 24.8 Å². The van der Waals surface area contributed by atoms with Crippen molar-refractivity contribution in [1.29, 1.82) is 0 Å². The minimum atomic E-state index is -4.31. The van der Waals surface area contributed by atoms with Crippen LogP contribution in [0.2, 0.25) is 0 Å². The first-order chi connectivity index (χ1) is 13.0. The maximum absolute atomic E-state index is 12.7. The Kier molecular flexibility index (Phi) is 4.91. The van der Waals surface area contributed by atoms with Crippen LogP contribution >= 0.6 is 0 Å². The maximum Gasteiger partial charge on any atom is 0.416 e. The van der Waals surface area contributed by atoms with E-state index in [0.29, 0.717) is 0 Å². The van der Waals surface area contributed by atoms with Gasteiger partial charge < -0.3 is 4.90 Å². The Balaban J connectivity index is 1.48. The summed E-state index contributed by atoms with van der Waals surface area (Å²) in [6, 6.07) is 11.2. The molecule has 3 nitrogen and oxygen atoms in total. The van der Waals surface area contributed by atoms with Crippen molar-refractivity contribution >= 4 is 10.9 Å². The summed E-state index contributed by atoms with van der Waals surface area (Å²) in [4.78, 5) is 2.49. The summed E-state index contributed by atoms with van der Waals surface area (Å²) in [6.07, 6.45) is 1.20. The van der Waals surface area contributed by atoms with Crippen molar-refractivity contribution in [3.05, 3.63) is 54.2 Å². The summed E-state index contributed by atoms with van der Waals surface area (Å²) >= 11 is 0. The van der Waals surface area contributed by atoms with Gasteiger partial charge in [0.05, 0.1) is 17.3 Å². The highest BCUT2D eigenvalue weighted by molar-refractivity contribution is 5.84. The number of aryl methyl sites for hydroxylation is 1. The number of halogens is 3. The largest absolute Gasteiger partial charge is 0.416 e. The maximum atomic E-state index is 12.7. The summed E-state index contributed by atoms with van der Waals surface area (Å²) in [5.41, 5.74) is 2.10. The molecule has 0 N–H and O–H groups in total. The number of likely N-dealkylation sites (tertiary alicyclic amines) is 1. The molecule has 1 saturated heterocycles. The highest BCUT2D eigenvalue weighted by Crippen LogP contribution is 2.31. The zero-order valence-corrected chi connectivity index (χ0v) is 15.0. The van der Waals surface area contributed by atoms with Crippen molar-refractivity contribution in [2.45, 2.75) is 32.0 Å². The zero-order chi connectivity index (χ0) is 18.9. The van der Waals surface area contributed by atoms with Gasteiger partial charge in [-0.3, -0.25) is 4.68 Å². The van der Waals surface area contributed by atoms with E-state index in [-0.39, 0.29) is 0 Å². The average Bonchev–Trinajstić information content (AvgIpc) is 3.31. The highest BCUT2D eigenvalue weighted by Gasteiger charge is 2.29. The third kappa shape index (κ3) is 4.00. The molecule has 1 aliphatic heterocycles. The van der Waals surface area contributed by atoms with Crippen molar-refractivity contribution in [1.82, 2.24) is 14.7 Å². The smallest absolute Gasteiger partial charge is 0.303 e. The van der Waals surface area contributed by atoms with E-state index < -0.39 is 11.7 Å². The fourth-order valence-corrected chi connectivity index (χ4v) is 3.75. The van der Waals surface area contributed by atoms with Crippen LogP contribution in [0.4, 0.5) is 13.2 Å². The van der Waals surface area contributed by atoms with Crippen LogP contribution in [0.3, 0.4) is 0 Å². The Morgan fingerprint density at radius 1 is 0.889 bits per heavy atom. The number of hydrogen-bond acceptors (Lipinski definition) is 2. The Morgan fingerprint density at radius 3 is 2.30 bits per heavy atom. The summed E-state index contributed by atoms with van der Waals surface area (Å²) in [6.45, 7) is 4.39. The molecule has 2 aromatic carbocycles. The van der Waals surface area contributed by atoms with E-state index in [2.05, 4.69) is 10.00 Å². The molecular weight excluding hydrogens is 351 g/mol. The minimum Gasteiger partial charge on any atom is -0.303 e. The van der Waals surface area contributed by atoms with E-state index >= 15 is 0 Å². The average molecular weight is 373 g/mol. The van der Waals surface area contributed by atoms with E-state index in [4.69, 9.17) is 0 Å². The van der Waals surface area contributed by atoms with Crippen LogP contribution in [0.5, 0.6) is 0 Å². The Hall–Kier alpha value is -2.34. The van der Waals surface area contributed by atoms with Crippen LogP contribution in [-0.4, -0.2) is 34.3 Å². The van der Waals surface area contributed by atoms with Gasteiger partial charge in [0.25, 0.3) is 0 Å². The molecule has 0 saturated carbocycles. The molecule has 0 bridgehead atoms. The van der Waals surface area contributed by atoms with Crippen LogP contribution in [0, 0.1) is 0 Å². The van der Waals surface area contributed by atoms with Gasteiger partial charge in [-0.25, -0.2) is 0 Å². The fourth-order valence-electron chi connectivity index (χ4n) is 3.75.